The van der Waals surface area contributed by atoms with Crippen LogP contribution in [-0.2, 0) is 11.2 Å². The van der Waals surface area contributed by atoms with Gasteiger partial charge in [0.25, 0.3) is 0 Å². The van der Waals surface area contributed by atoms with E-state index in [-0.39, 0.29) is 6.42 Å². The van der Waals surface area contributed by atoms with Gasteiger partial charge in [0.2, 0.25) is 0 Å². The first kappa shape index (κ1) is 15.2. The Kier molecular flexibility index (Phi) is 4.39. The highest BCUT2D eigenvalue weighted by Gasteiger charge is 2.14. The molecule has 0 radical (unpaired) electrons. The van der Waals surface area contributed by atoms with Crippen LogP contribution in [0.4, 0.5) is 0 Å². The zero-order valence-corrected chi connectivity index (χ0v) is 13.3. The maximum atomic E-state index is 11.0. The Morgan fingerprint density at radius 2 is 1.74 bits per heavy atom. The number of thiazole rings is 1. The van der Waals surface area contributed by atoms with Gasteiger partial charge in [0.1, 0.15) is 11.5 Å². The van der Waals surface area contributed by atoms with E-state index in [9.17, 15) is 4.79 Å². The van der Waals surface area contributed by atoms with E-state index in [2.05, 4.69) is 4.98 Å². The van der Waals surface area contributed by atoms with Crippen LogP contribution in [0.3, 0.4) is 0 Å². The zero-order chi connectivity index (χ0) is 16.2. The predicted molar refractivity (Wildman–Crippen MR) is 90.1 cm³/mol. The van der Waals surface area contributed by atoms with Crippen LogP contribution in [0, 0.1) is 6.92 Å². The van der Waals surface area contributed by atoms with Crippen molar-refractivity contribution in [2.75, 3.05) is 0 Å². The van der Waals surface area contributed by atoms with Crippen molar-refractivity contribution in [1.82, 2.24) is 4.98 Å². The first-order valence-electron chi connectivity index (χ1n) is 7.13. The summed E-state index contributed by atoms with van der Waals surface area (Å²) in [7, 11) is 0. The number of carboxylic acid groups (broad SMARTS) is 1. The first-order valence-corrected chi connectivity index (χ1v) is 7.95. The van der Waals surface area contributed by atoms with Crippen molar-refractivity contribution in [3.63, 3.8) is 0 Å². The minimum atomic E-state index is -0.848. The third kappa shape index (κ3) is 3.76. The number of ether oxygens (including phenoxy) is 1. The highest BCUT2D eigenvalue weighted by molar-refractivity contribution is 7.12. The van der Waals surface area contributed by atoms with E-state index in [1.165, 1.54) is 11.3 Å². The molecule has 0 atom stereocenters. The molecule has 2 aromatic carbocycles. The van der Waals surface area contributed by atoms with E-state index in [0.717, 1.165) is 32.6 Å². The Hall–Kier alpha value is -2.66. The Balaban J connectivity index is 1.84. The topological polar surface area (TPSA) is 59.4 Å². The zero-order valence-electron chi connectivity index (χ0n) is 12.5. The van der Waals surface area contributed by atoms with Crippen LogP contribution in [0.5, 0.6) is 11.5 Å². The molecule has 1 heterocycles. The molecule has 116 valence electrons. The van der Waals surface area contributed by atoms with Crippen molar-refractivity contribution in [2.24, 2.45) is 0 Å². The molecule has 3 rings (SSSR count). The van der Waals surface area contributed by atoms with Crippen molar-refractivity contribution in [3.8, 4) is 22.8 Å². The van der Waals surface area contributed by atoms with Crippen LogP contribution >= 0.6 is 11.3 Å². The molecule has 0 aliphatic heterocycles. The summed E-state index contributed by atoms with van der Waals surface area (Å²) in [6.07, 6.45) is -0.0108. The normalized spacial score (nSPS) is 10.5. The van der Waals surface area contributed by atoms with Crippen LogP contribution in [0.2, 0.25) is 0 Å². The smallest absolute Gasteiger partial charge is 0.308 e. The second kappa shape index (κ2) is 6.62. The van der Waals surface area contributed by atoms with Gasteiger partial charge in [-0.2, -0.15) is 0 Å². The molecule has 1 aromatic heterocycles. The Morgan fingerprint density at radius 1 is 1.09 bits per heavy atom. The fourth-order valence-electron chi connectivity index (χ4n) is 2.26. The number of nitrogens with zero attached hydrogens (tertiary/aromatic N) is 1. The summed E-state index contributed by atoms with van der Waals surface area (Å²) in [5.41, 5.74) is 1.63. The quantitative estimate of drug-likeness (QED) is 0.748. The fraction of sp³-hybridized carbons (Fsp3) is 0.111. The number of aryl methyl sites for hydroxylation is 1. The average Bonchev–Trinajstić information content (AvgIpc) is 2.89. The Morgan fingerprint density at radius 3 is 2.39 bits per heavy atom. The molecule has 0 amide bonds. The van der Waals surface area contributed by atoms with Gasteiger partial charge < -0.3 is 9.84 Å². The molecule has 0 aliphatic carbocycles. The van der Waals surface area contributed by atoms with Gasteiger partial charge in [0.15, 0.2) is 0 Å². The number of hydrogen-bond donors (Lipinski definition) is 1. The molecule has 0 spiro atoms. The molecule has 3 aromatic rings. The summed E-state index contributed by atoms with van der Waals surface area (Å²) in [4.78, 5) is 16.2. The maximum absolute atomic E-state index is 11.0. The second-order valence-electron chi connectivity index (χ2n) is 5.01. The van der Waals surface area contributed by atoms with E-state index < -0.39 is 5.97 Å². The summed E-state index contributed by atoms with van der Waals surface area (Å²) in [6, 6.07) is 17.1. The number of rotatable bonds is 5. The molecule has 0 aliphatic rings. The number of benzene rings is 2. The minimum absolute atomic E-state index is 0.0108. The molecular weight excluding hydrogens is 310 g/mol. The van der Waals surface area contributed by atoms with E-state index >= 15 is 0 Å². The lowest BCUT2D eigenvalue weighted by Crippen LogP contribution is -1.99. The summed E-state index contributed by atoms with van der Waals surface area (Å²) in [5.74, 6) is 0.655. The van der Waals surface area contributed by atoms with Gasteiger partial charge in [0.05, 0.1) is 17.1 Å². The Labute approximate surface area is 138 Å². The summed E-state index contributed by atoms with van der Waals surface area (Å²) in [6.45, 7) is 1.88. The van der Waals surface area contributed by atoms with E-state index in [1.54, 1.807) is 0 Å². The molecular formula is C18H15NO3S. The van der Waals surface area contributed by atoms with Crippen LogP contribution in [-0.4, -0.2) is 16.1 Å². The second-order valence-corrected chi connectivity index (χ2v) is 6.30. The fourth-order valence-corrected chi connectivity index (χ4v) is 3.21. The number of aliphatic carboxylic acids is 1. The van der Waals surface area contributed by atoms with Crippen molar-refractivity contribution >= 4 is 17.3 Å². The number of hydrogen-bond acceptors (Lipinski definition) is 4. The standard InChI is InChI=1S/C18H15NO3S/c1-12-19-18(16(23-12)11-17(20)21)13-7-9-15(10-8-13)22-14-5-3-2-4-6-14/h2-10H,11H2,1H3,(H,20,21). The number of aromatic nitrogens is 1. The maximum Gasteiger partial charge on any atom is 0.308 e. The van der Waals surface area contributed by atoms with Crippen molar-refractivity contribution in [2.45, 2.75) is 13.3 Å². The van der Waals surface area contributed by atoms with E-state index in [4.69, 9.17) is 9.84 Å². The highest BCUT2D eigenvalue weighted by atomic mass is 32.1. The lowest BCUT2D eigenvalue weighted by atomic mass is 10.1. The molecule has 5 heteroatoms. The molecule has 1 N–H and O–H groups in total. The monoisotopic (exact) mass is 325 g/mol. The summed E-state index contributed by atoms with van der Waals surface area (Å²) >= 11 is 1.42. The lowest BCUT2D eigenvalue weighted by molar-refractivity contribution is -0.136. The number of para-hydroxylation sites is 1. The highest BCUT2D eigenvalue weighted by Crippen LogP contribution is 2.30. The molecule has 0 saturated heterocycles. The molecule has 0 bridgehead atoms. The van der Waals surface area contributed by atoms with Crippen LogP contribution in [0.1, 0.15) is 9.88 Å². The third-order valence-electron chi connectivity index (χ3n) is 3.22. The summed E-state index contributed by atoms with van der Waals surface area (Å²) < 4.78 is 5.76. The van der Waals surface area contributed by atoms with Gasteiger partial charge in [-0.05, 0) is 43.3 Å². The molecule has 0 unspecified atom stereocenters. The number of carbonyl (C=O) groups is 1. The van der Waals surface area contributed by atoms with Gasteiger partial charge in [-0.25, -0.2) is 4.98 Å². The van der Waals surface area contributed by atoms with Gasteiger partial charge in [-0.15, -0.1) is 11.3 Å². The SMILES string of the molecule is Cc1nc(-c2ccc(Oc3ccccc3)cc2)c(CC(=O)O)s1. The van der Waals surface area contributed by atoms with E-state index in [0.29, 0.717) is 0 Å². The predicted octanol–water partition coefficient (Wildman–Crippen LogP) is 4.54. The summed E-state index contributed by atoms with van der Waals surface area (Å²) in [5, 5.41) is 9.88. The molecule has 0 fully saturated rings. The van der Waals surface area contributed by atoms with Crippen LogP contribution in [0.15, 0.2) is 54.6 Å². The van der Waals surface area contributed by atoms with Gasteiger partial charge in [0, 0.05) is 10.4 Å². The van der Waals surface area contributed by atoms with Gasteiger partial charge in [-0.3, -0.25) is 4.79 Å². The third-order valence-corrected chi connectivity index (χ3v) is 4.19. The van der Waals surface area contributed by atoms with Gasteiger partial charge in [-0.1, -0.05) is 18.2 Å². The van der Waals surface area contributed by atoms with Crippen molar-refractivity contribution in [3.05, 3.63) is 64.5 Å². The van der Waals surface area contributed by atoms with Crippen molar-refractivity contribution in [1.29, 1.82) is 0 Å². The minimum Gasteiger partial charge on any atom is -0.481 e. The Bertz CT molecular complexity index is 810. The van der Waals surface area contributed by atoms with Crippen molar-refractivity contribution < 1.29 is 14.6 Å². The van der Waals surface area contributed by atoms with Crippen LogP contribution in [0.25, 0.3) is 11.3 Å². The lowest BCUT2D eigenvalue weighted by Gasteiger charge is -2.06. The molecule has 23 heavy (non-hydrogen) atoms. The molecule has 4 nitrogen and oxygen atoms in total. The van der Waals surface area contributed by atoms with E-state index in [1.807, 2.05) is 61.5 Å². The average molecular weight is 325 g/mol. The largest absolute Gasteiger partial charge is 0.481 e. The van der Waals surface area contributed by atoms with Crippen LogP contribution < -0.4 is 4.74 Å². The first-order chi connectivity index (χ1) is 11.1. The van der Waals surface area contributed by atoms with Gasteiger partial charge >= 0.3 is 5.97 Å². The number of carboxylic acids is 1. The molecule has 0 saturated carbocycles.